The number of carbonyl (C=O) groups is 3. The van der Waals surface area contributed by atoms with Crippen LogP contribution in [0.5, 0.6) is 0 Å². The Morgan fingerprint density at radius 2 is 1.76 bits per heavy atom. The molecule has 0 radical (unpaired) electrons. The van der Waals surface area contributed by atoms with Crippen molar-refractivity contribution in [3.63, 3.8) is 0 Å². The molecule has 3 saturated carbocycles. The molecule has 0 heterocycles. The highest BCUT2D eigenvalue weighted by Gasteiger charge is 2.68. The minimum Gasteiger partial charge on any atom is -0.461 e. The number of aliphatic hydroxyl groups is 1. The van der Waals surface area contributed by atoms with Crippen LogP contribution in [-0.4, -0.2) is 49.1 Å². The average Bonchev–Trinajstić information content (AvgIpc) is 3.38. The molecule has 1 amide bonds. The van der Waals surface area contributed by atoms with Gasteiger partial charge < -0.3 is 15.2 Å². The monoisotopic (exact) mass is 668 g/mol. The van der Waals surface area contributed by atoms with Crippen LogP contribution in [0.25, 0.3) is 0 Å². The summed E-state index contributed by atoms with van der Waals surface area (Å²) >= 11 is 1.29. The van der Waals surface area contributed by atoms with E-state index in [1.807, 2.05) is 6.92 Å². The molecule has 2 aromatic carbocycles. The molecular weight excluding hydrogens is 625 g/mol. The van der Waals surface area contributed by atoms with Gasteiger partial charge in [-0.15, -0.1) is 18.3 Å². The first kappa shape index (κ1) is 34.3. The van der Waals surface area contributed by atoms with Crippen molar-refractivity contribution in [1.82, 2.24) is 0 Å². The van der Waals surface area contributed by atoms with Gasteiger partial charge in [0.05, 0.1) is 16.8 Å². The molecule has 2 bridgehead atoms. The zero-order valence-electron chi connectivity index (χ0n) is 26.8. The molecule has 11 heteroatoms. The van der Waals surface area contributed by atoms with Crippen LogP contribution in [0.3, 0.4) is 0 Å². The van der Waals surface area contributed by atoms with Gasteiger partial charge in [0.2, 0.25) is 10.0 Å². The zero-order chi connectivity index (χ0) is 33.7. The third-order valence-corrected chi connectivity index (χ3v) is 13.4. The number of rotatable bonds is 8. The standard InChI is InChI=1S/C35H44N2O7S2/c1-6-33(4)19-28(34(5)21(2)15-17-35(22(3)31(33)40)18-16-27(38)30(34)35)44-29(39)20-45-25-11-7-23(8-12-25)32(41)37-24-9-13-26(14-10-24)46(36,42)43/h6-14,21-22,28,30-31,40H,1,15-20H2,2-5H3,(H,37,41)(H2,36,42,43)/t21-,22+,28-,30+,31+,33-,34+,35+/m1/s1. The third-order valence-electron chi connectivity index (χ3n) is 11.5. The number of ether oxygens (including phenoxy) is 1. The Labute approximate surface area is 275 Å². The van der Waals surface area contributed by atoms with Crippen molar-refractivity contribution in [3.05, 3.63) is 66.7 Å². The molecule has 2 aromatic rings. The van der Waals surface area contributed by atoms with Crippen LogP contribution < -0.4 is 10.5 Å². The highest BCUT2D eigenvalue weighted by atomic mass is 32.2. The van der Waals surface area contributed by atoms with E-state index in [0.29, 0.717) is 24.1 Å². The second-order valence-corrected chi connectivity index (χ2v) is 16.5. The molecule has 3 aliphatic rings. The SMILES string of the molecule is C=C[C@]1(C)C[C@@H](OC(=O)CSc2ccc(C(=O)Nc3ccc(S(N)(=O)=O)cc3)cc2)[C@]2(C)[C@H](C)CC[C@]3(CCC(=O)[C@H]32)[C@@H](C)[C@@H]1O. The van der Waals surface area contributed by atoms with Crippen LogP contribution >= 0.6 is 11.8 Å². The molecule has 8 atom stereocenters. The van der Waals surface area contributed by atoms with Crippen LogP contribution in [0.1, 0.15) is 70.2 Å². The minimum atomic E-state index is -3.83. The van der Waals surface area contributed by atoms with E-state index in [4.69, 9.17) is 9.88 Å². The molecule has 248 valence electrons. The Balaban J connectivity index is 1.28. The number of esters is 1. The number of benzene rings is 2. The number of sulfonamides is 1. The smallest absolute Gasteiger partial charge is 0.316 e. The summed E-state index contributed by atoms with van der Waals surface area (Å²) in [4.78, 5) is 40.5. The van der Waals surface area contributed by atoms with Crippen molar-refractivity contribution in [3.8, 4) is 0 Å². The first-order valence-electron chi connectivity index (χ1n) is 15.8. The molecule has 46 heavy (non-hydrogen) atoms. The van der Waals surface area contributed by atoms with Crippen LogP contribution in [0.2, 0.25) is 0 Å². The zero-order valence-corrected chi connectivity index (χ0v) is 28.5. The lowest BCUT2D eigenvalue weighted by Gasteiger charge is -2.61. The summed E-state index contributed by atoms with van der Waals surface area (Å²) in [5.41, 5.74) is -0.791. The number of thioether (sulfide) groups is 1. The van der Waals surface area contributed by atoms with E-state index in [9.17, 15) is 27.9 Å². The second-order valence-electron chi connectivity index (χ2n) is 13.9. The van der Waals surface area contributed by atoms with E-state index in [1.165, 1.54) is 36.0 Å². The molecule has 4 N–H and O–H groups in total. The molecule has 5 rings (SSSR count). The van der Waals surface area contributed by atoms with Gasteiger partial charge in [0.25, 0.3) is 5.91 Å². The summed E-state index contributed by atoms with van der Waals surface area (Å²) < 4.78 is 29.2. The van der Waals surface area contributed by atoms with Gasteiger partial charge in [0.15, 0.2) is 0 Å². The molecular formula is C35H44N2O7S2. The summed E-state index contributed by atoms with van der Waals surface area (Å²) in [6, 6.07) is 12.3. The van der Waals surface area contributed by atoms with E-state index in [0.717, 1.165) is 24.2 Å². The number of hydrogen-bond acceptors (Lipinski definition) is 8. The number of primary sulfonamides is 1. The summed E-state index contributed by atoms with van der Waals surface area (Å²) in [5, 5.41) is 19.5. The molecule has 0 spiro atoms. The first-order valence-corrected chi connectivity index (χ1v) is 18.3. The van der Waals surface area contributed by atoms with Crippen LogP contribution in [-0.2, 0) is 24.3 Å². The van der Waals surface area contributed by atoms with Gasteiger partial charge in [-0.1, -0.05) is 33.8 Å². The lowest BCUT2D eigenvalue weighted by molar-refractivity contribution is -0.205. The van der Waals surface area contributed by atoms with Crippen molar-refractivity contribution in [1.29, 1.82) is 0 Å². The van der Waals surface area contributed by atoms with Gasteiger partial charge in [-0.2, -0.15) is 0 Å². The van der Waals surface area contributed by atoms with Crippen LogP contribution in [0, 0.1) is 34.0 Å². The van der Waals surface area contributed by atoms with E-state index < -0.39 is 39.0 Å². The van der Waals surface area contributed by atoms with Crippen LogP contribution in [0.15, 0.2) is 71.0 Å². The predicted molar refractivity (Wildman–Crippen MR) is 178 cm³/mol. The molecule has 0 unspecified atom stereocenters. The van der Waals surface area contributed by atoms with Crippen LogP contribution in [0.4, 0.5) is 5.69 Å². The topological polar surface area (TPSA) is 153 Å². The van der Waals surface area contributed by atoms with Gasteiger partial charge in [-0.3, -0.25) is 14.4 Å². The number of carbonyl (C=O) groups excluding carboxylic acids is 3. The normalized spacial score (nSPS) is 34.1. The average molecular weight is 669 g/mol. The fourth-order valence-electron chi connectivity index (χ4n) is 8.47. The maximum absolute atomic E-state index is 13.6. The number of nitrogens with two attached hydrogens (primary N) is 1. The highest BCUT2D eigenvalue weighted by molar-refractivity contribution is 8.00. The van der Waals surface area contributed by atoms with Crippen molar-refractivity contribution >= 4 is 45.1 Å². The molecule has 0 saturated heterocycles. The summed E-state index contributed by atoms with van der Waals surface area (Å²) in [5.74, 6) is -0.737. The number of aliphatic hydroxyl groups excluding tert-OH is 1. The maximum atomic E-state index is 13.6. The molecule has 3 fully saturated rings. The number of Topliss-reactive ketones (excluding diaryl/α,β-unsaturated/α-hetero) is 1. The predicted octanol–water partition coefficient (Wildman–Crippen LogP) is 5.58. The van der Waals surface area contributed by atoms with Crippen molar-refractivity contribution < 1.29 is 32.6 Å². The number of anilines is 1. The number of nitrogens with one attached hydrogen (secondary N) is 1. The Morgan fingerprint density at radius 3 is 2.37 bits per heavy atom. The number of amides is 1. The van der Waals surface area contributed by atoms with E-state index in [-0.39, 0.29) is 45.5 Å². The minimum absolute atomic E-state index is 0.0381. The second kappa shape index (κ2) is 12.6. The van der Waals surface area contributed by atoms with Crippen molar-refractivity contribution in [2.75, 3.05) is 11.1 Å². The first-order chi connectivity index (χ1) is 21.5. The fourth-order valence-corrected chi connectivity index (χ4v) is 9.67. The molecule has 0 aromatic heterocycles. The number of ketones is 1. The van der Waals surface area contributed by atoms with Crippen molar-refractivity contribution in [2.24, 2.45) is 39.1 Å². The van der Waals surface area contributed by atoms with Gasteiger partial charge >= 0.3 is 5.97 Å². The third kappa shape index (κ3) is 6.07. The van der Waals surface area contributed by atoms with E-state index in [1.54, 1.807) is 30.3 Å². The molecule has 9 nitrogen and oxygen atoms in total. The Morgan fingerprint density at radius 1 is 1.11 bits per heavy atom. The highest BCUT2D eigenvalue weighted by Crippen LogP contribution is 2.68. The summed E-state index contributed by atoms with van der Waals surface area (Å²) in [6.07, 6.45) is 3.91. The maximum Gasteiger partial charge on any atom is 0.316 e. The number of hydrogen-bond donors (Lipinski definition) is 3. The quantitative estimate of drug-likeness (QED) is 0.187. The molecule has 3 aliphatic carbocycles. The van der Waals surface area contributed by atoms with E-state index in [2.05, 4.69) is 32.7 Å². The van der Waals surface area contributed by atoms with Gasteiger partial charge in [0.1, 0.15) is 11.9 Å². The van der Waals surface area contributed by atoms with Gasteiger partial charge in [-0.05, 0) is 91.5 Å². The van der Waals surface area contributed by atoms with Gasteiger partial charge in [-0.25, -0.2) is 13.6 Å². The van der Waals surface area contributed by atoms with Gasteiger partial charge in [0, 0.05) is 39.3 Å². The lowest BCUT2D eigenvalue weighted by Crippen LogP contribution is -2.63. The fraction of sp³-hybridized carbons (Fsp3) is 0.514. The summed E-state index contributed by atoms with van der Waals surface area (Å²) in [7, 11) is -3.83. The Kier molecular flexibility index (Phi) is 9.38. The van der Waals surface area contributed by atoms with Crippen molar-refractivity contribution in [2.45, 2.75) is 81.8 Å². The largest absolute Gasteiger partial charge is 0.461 e. The molecule has 0 aliphatic heterocycles. The van der Waals surface area contributed by atoms with E-state index >= 15 is 0 Å². The Bertz CT molecular complexity index is 1630. The summed E-state index contributed by atoms with van der Waals surface area (Å²) in [6.45, 7) is 12.4. The lowest BCUT2D eigenvalue weighted by atomic mass is 9.44. The Hall–Kier alpha value is -2.99.